The van der Waals surface area contributed by atoms with Crippen molar-refractivity contribution in [2.24, 2.45) is 5.41 Å². The van der Waals surface area contributed by atoms with Crippen molar-refractivity contribution in [1.82, 2.24) is 5.32 Å². The molecule has 0 spiro atoms. The van der Waals surface area contributed by atoms with Crippen LogP contribution in [-0.2, 0) is 6.42 Å². The largest absolute Gasteiger partial charge is 0.396 e. The standard InChI is InChI=1S/C13H17F2NO/c14-11-3-1-2-10(12(11)15)8-13(9-17)4-6-16-7-5-13/h1-3,16-17H,4-9H2. The summed E-state index contributed by atoms with van der Waals surface area (Å²) in [6, 6.07) is 4.23. The van der Waals surface area contributed by atoms with Crippen molar-refractivity contribution in [2.45, 2.75) is 19.3 Å². The van der Waals surface area contributed by atoms with Crippen LogP contribution in [-0.4, -0.2) is 24.8 Å². The Morgan fingerprint density at radius 1 is 1.24 bits per heavy atom. The second kappa shape index (κ2) is 5.10. The molecule has 2 nitrogen and oxygen atoms in total. The highest BCUT2D eigenvalue weighted by Crippen LogP contribution is 2.33. The van der Waals surface area contributed by atoms with Crippen LogP contribution in [0.25, 0.3) is 0 Å². The number of rotatable bonds is 3. The van der Waals surface area contributed by atoms with Crippen LogP contribution in [0.5, 0.6) is 0 Å². The molecule has 0 aromatic heterocycles. The van der Waals surface area contributed by atoms with E-state index in [1.54, 1.807) is 6.07 Å². The van der Waals surface area contributed by atoms with Crippen molar-refractivity contribution in [3.63, 3.8) is 0 Å². The van der Waals surface area contributed by atoms with Crippen molar-refractivity contribution in [3.05, 3.63) is 35.4 Å². The van der Waals surface area contributed by atoms with E-state index in [2.05, 4.69) is 5.32 Å². The second-order valence-electron chi connectivity index (χ2n) is 4.80. The molecule has 1 aliphatic heterocycles. The summed E-state index contributed by atoms with van der Waals surface area (Å²) in [6.45, 7) is 1.65. The Balaban J connectivity index is 2.20. The van der Waals surface area contributed by atoms with Gasteiger partial charge in [-0.2, -0.15) is 0 Å². The van der Waals surface area contributed by atoms with Gasteiger partial charge < -0.3 is 10.4 Å². The van der Waals surface area contributed by atoms with Crippen molar-refractivity contribution < 1.29 is 13.9 Å². The third-order valence-corrected chi connectivity index (χ3v) is 3.60. The highest BCUT2D eigenvalue weighted by molar-refractivity contribution is 5.20. The van der Waals surface area contributed by atoms with E-state index in [0.29, 0.717) is 12.0 Å². The Morgan fingerprint density at radius 3 is 2.59 bits per heavy atom. The summed E-state index contributed by atoms with van der Waals surface area (Å²) in [6.07, 6.45) is 1.98. The minimum atomic E-state index is -0.815. The highest BCUT2D eigenvalue weighted by atomic mass is 19.2. The maximum atomic E-state index is 13.6. The number of hydrogen-bond donors (Lipinski definition) is 2. The minimum absolute atomic E-state index is 0.0185. The van der Waals surface area contributed by atoms with Gasteiger partial charge in [0.15, 0.2) is 11.6 Å². The molecule has 0 amide bonds. The Morgan fingerprint density at radius 2 is 1.94 bits per heavy atom. The van der Waals surface area contributed by atoms with Crippen LogP contribution in [0.4, 0.5) is 8.78 Å². The summed E-state index contributed by atoms with van der Waals surface area (Å²) < 4.78 is 26.7. The van der Waals surface area contributed by atoms with Gasteiger partial charge in [0.05, 0.1) is 0 Å². The first-order valence-corrected chi connectivity index (χ1v) is 5.91. The molecule has 4 heteroatoms. The average Bonchev–Trinajstić information content (AvgIpc) is 2.36. The average molecular weight is 241 g/mol. The fourth-order valence-corrected chi connectivity index (χ4v) is 2.44. The van der Waals surface area contributed by atoms with Crippen molar-refractivity contribution >= 4 is 0 Å². The number of hydrogen-bond acceptors (Lipinski definition) is 2. The van der Waals surface area contributed by atoms with Gasteiger partial charge in [0, 0.05) is 6.61 Å². The Bertz CT molecular complexity index is 389. The normalized spacial score (nSPS) is 19.2. The van der Waals surface area contributed by atoms with E-state index in [-0.39, 0.29) is 12.0 Å². The molecule has 17 heavy (non-hydrogen) atoms. The molecule has 0 aliphatic carbocycles. The predicted octanol–water partition coefficient (Wildman–Crippen LogP) is 1.87. The molecule has 1 fully saturated rings. The Kier molecular flexibility index (Phi) is 3.74. The van der Waals surface area contributed by atoms with Crippen LogP contribution in [0.2, 0.25) is 0 Å². The molecule has 0 saturated carbocycles. The molecule has 0 radical (unpaired) electrons. The van der Waals surface area contributed by atoms with E-state index in [0.717, 1.165) is 32.0 Å². The summed E-state index contributed by atoms with van der Waals surface area (Å²) in [5, 5.41) is 12.7. The lowest BCUT2D eigenvalue weighted by Gasteiger charge is -2.36. The molecule has 1 aromatic rings. The molecule has 1 saturated heterocycles. The zero-order valence-corrected chi connectivity index (χ0v) is 9.68. The number of aliphatic hydroxyl groups is 1. The van der Waals surface area contributed by atoms with Crippen LogP contribution < -0.4 is 5.32 Å². The van der Waals surface area contributed by atoms with E-state index in [9.17, 15) is 13.9 Å². The molecular weight excluding hydrogens is 224 g/mol. The highest BCUT2D eigenvalue weighted by Gasteiger charge is 2.32. The maximum Gasteiger partial charge on any atom is 0.162 e. The first-order chi connectivity index (χ1) is 8.17. The molecule has 0 unspecified atom stereocenters. The van der Waals surface area contributed by atoms with Crippen LogP contribution >= 0.6 is 0 Å². The summed E-state index contributed by atoms with van der Waals surface area (Å²) in [5.74, 6) is -1.59. The molecular formula is C13H17F2NO. The fourth-order valence-electron chi connectivity index (χ4n) is 2.44. The minimum Gasteiger partial charge on any atom is -0.396 e. The third-order valence-electron chi connectivity index (χ3n) is 3.60. The Hall–Kier alpha value is -1.00. The summed E-state index contributed by atoms with van der Waals surface area (Å²) in [4.78, 5) is 0. The zero-order valence-electron chi connectivity index (χ0n) is 9.68. The maximum absolute atomic E-state index is 13.6. The molecule has 2 N–H and O–H groups in total. The van der Waals surface area contributed by atoms with Crippen molar-refractivity contribution in [3.8, 4) is 0 Å². The van der Waals surface area contributed by atoms with Gasteiger partial charge >= 0.3 is 0 Å². The number of benzene rings is 1. The van der Waals surface area contributed by atoms with E-state index >= 15 is 0 Å². The van der Waals surface area contributed by atoms with E-state index in [1.807, 2.05) is 0 Å². The van der Waals surface area contributed by atoms with E-state index < -0.39 is 11.6 Å². The lowest BCUT2D eigenvalue weighted by molar-refractivity contribution is 0.0883. The van der Waals surface area contributed by atoms with Crippen LogP contribution in [0.15, 0.2) is 18.2 Å². The van der Waals surface area contributed by atoms with E-state index in [1.165, 1.54) is 6.07 Å². The number of aliphatic hydroxyl groups excluding tert-OH is 1. The van der Waals surface area contributed by atoms with Gasteiger partial charge in [0.25, 0.3) is 0 Å². The molecule has 0 atom stereocenters. The topological polar surface area (TPSA) is 32.3 Å². The molecule has 2 rings (SSSR count). The van der Waals surface area contributed by atoms with Crippen LogP contribution in [0, 0.1) is 17.0 Å². The molecule has 0 bridgehead atoms. The summed E-state index contributed by atoms with van der Waals surface area (Å²) >= 11 is 0. The molecule has 1 heterocycles. The quantitative estimate of drug-likeness (QED) is 0.846. The van der Waals surface area contributed by atoms with Gasteiger partial charge in [-0.15, -0.1) is 0 Å². The monoisotopic (exact) mass is 241 g/mol. The van der Waals surface area contributed by atoms with Crippen LogP contribution in [0.1, 0.15) is 18.4 Å². The SMILES string of the molecule is OCC1(Cc2cccc(F)c2F)CCNCC1. The summed E-state index contributed by atoms with van der Waals surface area (Å²) in [5.41, 5.74) is 0.0563. The zero-order chi connectivity index (χ0) is 12.3. The number of piperidine rings is 1. The molecule has 1 aliphatic rings. The molecule has 94 valence electrons. The number of halogens is 2. The van der Waals surface area contributed by atoms with Crippen molar-refractivity contribution in [2.75, 3.05) is 19.7 Å². The third kappa shape index (κ3) is 2.64. The fraction of sp³-hybridized carbons (Fsp3) is 0.538. The smallest absolute Gasteiger partial charge is 0.162 e. The van der Waals surface area contributed by atoms with E-state index in [4.69, 9.17) is 0 Å². The lowest BCUT2D eigenvalue weighted by atomic mass is 9.75. The van der Waals surface area contributed by atoms with Gasteiger partial charge in [-0.1, -0.05) is 12.1 Å². The van der Waals surface area contributed by atoms with Gasteiger partial charge in [-0.25, -0.2) is 8.78 Å². The van der Waals surface area contributed by atoms with Crippen LogP contribution in [0.3, 0.4) is 0 Å². The summed E-state index contributed by atoms with van der Waals surface area (Å²) in [7, 11) is 0. The van der Waals surface area contributed by atoms with Gasteiger partial charge in [-0.3, -0.25) is 0 Å². The first kappa shape index (κ1) is 12.5. The van der Waals surface area contributed by atoms with Gasteiger partial charge in [0.1, 0.15) is 0 Å². The van der Waals surface area contributed by atoms with Gasteiger partial charge in [0.2, 0.25) is 0 Å². The predicted molar refractivity (Wildman–Crippen MR) is 61.7 cm³/mol. The first-order valence-electron chi connectivity index (χ1n) is 5.91. The van der Waals surface area contributed by atoms with Crippen molar-refractivity contribution in [1.29, 1.82) is 0 Å². The molecule has 1 aromatic carbocycles. The number of nitrogens with one attached hydrogen (secondary N) is 1. The Labute approximate surface area is 99.7 Å². The second-order valence-corrected chi connectivity index (χ2v) is 4.80. The van der Waals surface area contributed by atoms with Gasteiger partial charge in [-0.05, 0) is 49.4 Å². The lowest BCUT2D eigenvalue weighted by Crippen LogP contribution is -2.40.